The van der Waals surface area contributed by atoms with Crippen molar-refractivity contribution in [2.45, 2.75) is 45.6 Å². The van der Waals surface area contributed by atoms with E-state index < -0.39 is 5.97 Å². The van der Waals surface area contributed by atoms with Gasteiger partial charge in [0, 0.05) is 19.1 Å². The second-order valence-corrected chi connectivity index (χ2v) is 4.17. The summed E-state index contributed by atoms with van der Waals surface area (Å²) in [6.45, 7) is 5.26. The minimum Gasteiger partial charge on any atom is -0.481 e. The van der Waals surface area contributed by atoms with E-state index in [1.54, 1.807) is 0 Å². The van der Waals surface area contributed by atoms with E-state index >= 15 is 0 Å². The Balaban J connectivity index is 3.49. The monoisotopic (exact) mass is 217 g/mol. The van der Waals surface area contributed by atoms with Crippen LogP contribution in [0.25, 0.3) is 0 Å². The average molecular weight is 217 g/mol. The molecule has 0 fully saturated rings. The number of aliphatic hydroxyl groups is 1. The zero-order chi connectivity index (χ0) is 11.7. The lowest BCUT2D eigenvalue weighted by Gasteiger charge is -2.21. The minimum absolute atomic E-state index is 0.199. The molecule has 0 aliphatic heterocycles. The second kappa shape index (κ2) is 8.68. The van der Waals surface area contributed by atoms with Gasteiger partial charge in [0.2, 0.25) is 0 Å². The lowest BCUT2D eigenvalue weighted by molar-refractivity contribution is -0.137. The van der Waals surface area contributed by atoms with Crippen LogP contribution in [0.1, 0.15) is 39.5 Å². The van der Waals surface area contributed by atoms with E-state index in [0.717, 1.165) is 19.4 Å². The lowest BCUT2D eigenvalue weighted by Crippen LogP contribution is -2.35. The number of carbonyl (C=O) groups is 1. The van der Waals surface area contributed by atoms with Gasteiger partial charge in [0.15, 0.2) is 0 Å². The van der Waals surface area contributed by atoms with Crippen LogP contribution in [0.4, 0.5) is 0 Å². The molecule has 0 rings (SSSR count). The standard InChI is InChI=1S/C11H23NO3/c1-9(2)10(6-8-13)12-7-4-3-5-11(14)15/h9-10,12-13H,3-8H2,1-2H3,(H,14,15). The Morgan fingerprint density at radius 3 is 2.47 bits per heavy atom. The van der Waals surface area contributed by atoms with Crippen LogP contribution in [0.2, 0.25) is 0 Å². The Morgan fingerprint density at radius 2 is 2.00 bits per heavy atom. The molecule has 0 amide bonds. The number of nitrogens with one attached hydrogen (secondary N) is 1. The van der Waals surface area contributed by atoms with Gasteiger partial charge in [-0.2, -0.15) is 0 Å². The van der Waals surface area contributed by atoms with Crippen LogP contribution in [-0.4, -0.2) is 35.4 Å². The molecule has 0 aromatic rings. The van der Waals surface area contributed by atoms with Gasteiger partial charge in [-0.3, -0.25) is 4.79 Å². The highest BCUT2D eigenvalue weighted by Crippen LogP contribution is 2.05. The molecule has 0 aromatic heterocycles. The van der Waals surface area contributed by atoms with E-state index in [1.807, 2.05) is 0 Å². The van der Waals surface area contributed by atoms with Crippen molar-refractivity contribution in [2.24, 2.45) is 5.92 Å². The van der Waals surface area contributed by atoms with Gasteiger partial charge in [-0.05, 0) is 31.7 Å². The maximum Gasteiger partial charge on any atom is 0.303 e. The largest absolute Gasteiger partial charge is 0.481 e. The SMILES string of the molecule is CC(C)C(CCO)NCCCCC(=O)O. The van der Waals surface area contributed by atoms with Crippen molar-refractivity contribution in [3.63, 3.8) is 0 Å². The number of aliphatic carboxylic acids is 1. The Labute approximate surface area is 91.7 Å². The van der Waals surface area contributed by atoms with Gasteiger partial charge >= 0.3 is 5.97 Å². The van der Waals surface area contributed by atoms with Gasteiger partial charge < -0.3 is 15.5 Å². The predicted octanol–water partition coefficient (Wildman–Crippen LogP) is 1.24. The molecule has 1 atom stereocenters. The highest BCUT2D eigenvalue weighted by atomic mass is 16.4. The van der Waals surface area contributed by atoms with E-state index in [4.69, 9.17) is 10.2 Å². The summed E-state index contributed by atoms with van der Waals surface area (Å²) in [5.74, 6) is -0.234. The summed E-state index contributed by atoms with van der Waals surface area (Å²) < 4.78 is 0. The Bertz CT molecular complexity index is 171. The van der Waals surface area contributed by atoms with Crippen LogP contribution in [0.15, 0.2) is 0 Å². The highest BCUT2D eigenvalue weighted by molar-refractivity contribution is 5.66. The quantitative estimate of drug-likeness (QED) is 0.508. The molecule has 15 heavy (non-hydrogen) atoms. The molecular formula is C11H23NO3. The fourth-order valence-electron chi connectivity index (χ4n) is 1.50. The van der Waals surface area contributed by atoms with E-state index in [-0.39, 0.29) is 13.0 Å². The van der Waals surface area contributed by atoms with Gasteiger partial charge in [-0.1, -0.05) is 13.8 Å². The minimum atomic E-state index is -0.731. The average Bonchev–Trinajstić information content (AvgIpc) is 2.15. The van der Waals surface area contributed by atoms with E-state index in [9.17, 15) is 4.79 Å². The summed E-state index contributed by atoms with van der Waals surface area (Å²) in [5, 5.41) is 20.6. The van der Waals surface area contributed by atoms with E-state index in [0.29, 0.717) is 18.4 Å². The van der Waals surface area contributed by atoms with Crippen LogP contribution in [0.3, 0.4) is 0 Å². The number of carboxylic acid groups (broad SMARTS) is 1. The zero-order valence-electron chi connectivity index (χ0n) is 9.70. The number of hydrogen-bond acceptors (Lipinski definition) is 3. The van der Waals surface area contributed by atoms with Crippen molar-refractivity contribution in [3.05, 3.63) is 0 Å². The molecule has 90 valence electrons. The van der Waals surface area contributed by atoms with Crippen LogP contribution in [0, 0.1) is 5.92 Å². The van der Waals surface area contributed by atoms with Crippen molar-refractivity contribution in [2.75, 3.05) is 13.2 Å². The molecule has 4 nitrogen and oxygen atoms in total. The maximum absolute atomic E-state index is 10.3. The molecule has 0 saturated heterocycles. The van der Waals surface area contributed by atoms with Crippen molar-refractivity contribution in [3.8, 4) is 0 Å². The maximum atomic E-state index is 10.3. The van der Waals surface area contributed by atoms with Gasteiger partial charge in [-0.25, -0.2) is 0 Å². The van der Waals surface area contributed by atoms with Gasteiger partial charge in [0.25, 0.3) is 0 Å². The first-order chi connectivity index (χ1) is 7.07. The molecule has 0 radical (unpaired) electrons. The second-order valence-electron chi connectivity index (χ2n) is 4.17. The Hall–Kier alpha value is -0.610. The molecule has 0 aliphatic carbocycles. The van der Waals surface area contributed by atoms with Crippen molar-refractivity contribution < 1.29 is 15.0 Å². The number of unbranched alkanes of at least 4 members (excludes halogenated alkanes) is 1. The Kier molecular flexibility index (Phi) is 8.33. The van der Waals surface area contributed by atoms with E-state index in [1.165, 1.54) is 0 Å². The number of aliphatic hydroxyl groups excluding tert-OH is 1. The van der Waals surface area contributed by atoms with Gasteiger partial charge in [0.1, 0.15) is 0 Å². The number of hydrogen-bond donors (Lipinski definition) is 3. The molecule has 0 bridgehead atoms. The number of rotatable bonds is 9. The predicted molar refractivity (Wildman–Crippen MR) is 59.8 cm³/mol. The first-order valence-corrected chi connectivity index (χ1v) is 5.64. The molecule has 4 heteroatoms. The summed E-state index contributed by atoms with van der Waals surface area (Å²) in [4.78, 5) is 10.3. The zero-order valence-corrected chi connectivity index (χ0v) is 9.70. The molecule has 0 saturated carbocycles. The molecular weight excluding hydrogens is 194 g/mol. The number of carboxylic acids is 1. The third kappa shape index (κ3) is 8.39. The molecule has 0 spiro atoms. The molecule has 0 heterocycles. The molecule has 3 N–H and O–H groups in total. The summed E-state index contributed by atoms with van der Waals surface area (Å²) in [5.41, 5.74) is 0. The van der Waals surface area contributed by atoms with Crippen molar-refractivity contribution >= 4 is 5.97 Å². The summed E-state index contributed by atoms with van der Waals surface area (Å²) in [6, 6.07) is 0.333. The lowest BCUT2D eigenvalue weighted by atomic mass is 10.0. The Morgan fingerprint density at radius 1 is 1.33 bits per heavy atom. The van der Waals surface area contributed by atoms with Gasteiger partial charge in [-0.15, -0.1) is 0 Å². The van der Waals surface area contributed by atoms with Crippen LogP contribution >= 0.6 is 0 Å². The molecule has 1 unspecified atom stereocenters. The highest BCUT2D eigenvalue weighted by Gasteiger charge is 2.11. The third-order valence-electron chi connectivity index (χ3n) is 2.47. The summed E-state index contributed by atoms with van der Waals surface area (Å²) in [7, 11) is 0. The first kappa shape index (κ1) is 14.4. The summed E-state index contributed by atoms with van der Waals surface area (Å²) >= 11 is 0. The fraction of sp³-hybridized carbons (Fsp3) is 0.909. The first-order valence-electron chi connectivity index (χ1n) is 5.64. The fourth-order valence-corrected chi connectivity index (χ4v) is 1.50. The normalized spacial score (nSPS) is 13.1. The molecule has 0 aromatic carbocycles. The smallest absolute Gasteiger partial charge is 0.303 e. The topological polar surface area (TPSA) is 69.6 Å². The van der Waals surface area contributed by atoms with Crippen molar-refractivity contribution in [1.82, 2.24) is 5.32 Å². The van der Waals surface area contributed by atoms with Crippen molar-refractivity contribution in [1.29, 1.82) is 0 Å². The van der Waals surface area contributed by atoms with Crippen LogP contribution < -0.4 is 5.32 Å². The van der Waals surface area contributed by atoms with Crippen LogP contribution in [-0.2, 0) is 4.79 Å². The van der Waals surface area contributed by atoms with Gasteiger partial charge in [0.05, 0.1) is 0 Å². The summed E-state index contributed by atoms with van der Waals surface area (Å²) in [6.07, 6.45) is 2.60. The molecule has 0 aliphatic rings. The van der Waals surface area contributed by atoms with E-state index in [2.05, 4.69) is 19.2 Å². The third-order valence-corrected chi connectivity index (χ3v) is 2.47. The van der Waals surface area contributed by atoms with Crippen LogP contribution in [0.5, 0.6) is 0 Å².